The topological polar surface area (TPSA) is 96.5 Å². The molecule has 0 saturated heterocycles. The number of hydrogen-bond acceptors (Lipinski definition) is 4. The molecule has 0 aliphatic carbocycles. The third-order valence-electron chi connectivity index (χ3n) is 4.01. The van der Waals surface area contributed by atoms with Gasteiger partial charge in [0.05, 0.1) is 27.9 Å². The molecule has 0 radical (unpaired) electrons. The average Bonchev–Trinajstić information content (AvgIpc) is 2.72. The zero-order valence-electron chi connectivity index (χ0n) is 15.9. The zero-order valence-corrected chi connectivity index (χ0v) is 19.0. The number of ether oxygens (including phenoxy) is 1. The van der Waals surface area contributed by atoms with Crippen LogP contribution in [0.25, 0.3) is 0 Å². The molecule has 0 saturated carbocycles. The van der Waals surface area contributed by atoms with Gasteiger partial charge >= 0.3 is 6.03 Å². The number of halogens is 3. The molecular formula is C20H16Cl3N3O4S. The van der Waals surface area contributed by atoms with Gasteiger partial charge in [-0.3, -0.25) is 4.72 Å². The maximum absolute atomic E-state index is 12.9. The molecule has 3 rings (SSSR count). The lowest BCUT2D eigenvalue weighted by Crippen LogP contribution is -2.20. The van der Waals surface area contributed by atoms with Gasteiger partial charge in [-0.1, -0.05) is 46.9 Å². The van der Waals surface area contributed by atoms with Gasteiger partial charge in [-0.2, -0.15) is 0 Å². The molecule has 0 aliphatic heterocycles. The van der Waals surface area contributed by atoms with Crippen molar-refractivity contribution in [2.75, 3.05) is 22.5 Å². The van der Waals surface area contributed by atoms with E-state index in [2.05, 4.69) is 15.4 Å². The number of benzene rings is 3. The molecule has 0 aliphatic rings. The lowest BCUT2D eigenvalue weighted by atomic mass is 10.3. The quantitative estimate of drug-likeness (QED) is 0.381. The number of urea groups is 1. The van der Waals surface area contributed by atoms with Gasteiger partial charge in [0, 0.05) is 11.4 Å². The van der Waals surface area contributed by atoms with Crippen LogP contribution >= 0.6 is 34.8 Å². The van der Waals surface area contributed by atoms with Gasteiger partial charge in [-0.25, -0.2) is 13.2 Å². The molecule has 162 valence electrons. The number of amides is 2. The van der Waals surface area contributed by atoms with E-state index in [4.69, 9.17) is 39.5 Å². The monoisotopic (exact) mass is 499 g/mol. The van der Waals surface area contributed by atoms with Crippen LogP contribution in [0.3, 0.4) is 0 Å². The van der Waals surface area contributed by atoms with Crippen LogP contribution in [0.15, 0.2) is 65.6 Å². The maximum atomic E-state index is 12.9. The predicted octanol–water partition coefficient (Wildman–Crippen LogP) is 6.10. The first-order chi connectivity index (χ1) is 14.7. The summed E-state index contributed by atoms with van der Waals surface area (Å²) in [5.74, 6) is 0.345. The molecule has 3 aromatic carbocycles. The molecule has 0 aromatic heterocycles. The average molecular weight is 501 g/mol. The summed E-state index contributed by atoms with van der Waals surface area (Å²) < 4.78 is 33.4. The van der Waals surface area contributed by atoms with Gasteiger partial charge in [0.1, 0.15) is 10.6 Å². The molecule has 0 fully saturated rings. The second-order valence-electron chi connectivity index (χ2n) is 6.16. The molecule has 2 amide bonds. The summed E-state index contributed by atoms with van der Waals surface area (Å²) in [6, 6.07) is 14.6. The summed E-state index contributed by atoms with van der Waals surface area (Å²) in [6.45, 7) is 0. The molecule has 0 bridgehead atoms. The Hall–Kier alpha value is -2.65. The number of rotatable bonds is 6. The number of carbonyl (C=O) groups excluding carboxylic acids is 1. The summed E-state index contributed by atoms with van der Waals surface area (Å²) in [5, 5.41) is 5.74. The van der Waals surface area contributed by atoms with E-state index in [0.29, 0.717) is 16.5 Å². The van der Waals surface area contributed by atoms with Crippen molar-refractivity contribution < 1.29 is 17.9 Å². The van der Waals surface area contributed by atoms with Crippen molar-refractivity contribution in [3.63, 3.8) is 0 Å². The van der Waals surface area contributed by atoms with Gasteiger partial charge < -0.3 is 15.4 Å². The predicted molar refractivity (Wildman–Crippen MR) is 124 cm³/mol. The van der Waals surface area contributed by atoms with Crippen molar-refractivity contribution in [1.82, 2.24) is 0 Å². The van der Waals surface area contributed by atoms with E-state index in [1.807, 2.05) is 0 Å². The third kappa shape index (κ3) is 5.74. The minimum absolute atomic E-state index is 0.0159. The Bertz CT molecular complexity index is 1240. The Labute approximate surface area is 194 Å². The van der Waals surface area contributed by atoms with E-state index in [1.54, 1.807) is 30.3 Å². The number of nitrogens with one attached hydrogen (secondary N) is 3. The Morgan fingerprint density at radius 2 is 1.45 bits per heavy atom. The van der Waals surface area contributed by atoms with E-state index < -0.39 is 16.1 Å². The Kier molecular flexibility index (Phi) is 7.17. The van der Waals surface area contributed by atoms with Crippen LogP contribution < -0.4 is 20.1 Å². The Morgan fingerprint density at radius 3 is 2.10 bits per heavy atom. The number of sulfonamides is 1. The van der Waals surface area contributed by atoms with Crippen LogP contribution in [0.1, 0.15) is 0 Å². The molecule has 0 spiro atoms. The van der Waals surface area contributed by atoms with Crippen LogP contribution in [0.4, 0.5) is 21.9 Å². The second-order valence-corrected chi connectivity index (χ2v) is 9.03. The Morgan fingerprint density at radius 1 is 0.839 bits per heavy atom. The molecule has 0 atom stereocenters. The molecule has 11 heteroatoms. The minimum Gasteiger partial charge on any atom is -0.495 e. The third-order valence-corrected chi connectivity index (χ3v) is 6.59. The van der Waals surface area contributed by atoms with E-state index in [0.717, 1.165) is 0 Å². The second kappa shape index (κ2) is 9.65. The molecular weight excluding hydrogens is 485 g/mol. The van der Waals surface area contributed by atoms with Crippen LogP contribution in [0.5, 0.6) is 5.75 Å². The first-order valence-electron chi connectivity index (χ1n) is 8.68. The lowest BCUT2D eigenvalue weighted by Gasteiger charge is -2.14. The summed E-state index contributed by atoms with van der Waals surface area (Å²) in [4.78, 5) is 12.1. The Balaban J connectivity index is 1.80. The van der Waals surface area contributed by atoms with Crippen molar-refractivity contribution in [3.05, 3.63) is 75.7 Å². The summed E-state index contributed by atoms with van der Waals surface area (Å²) >= 11 is 17.9. The van der Waals surface area contributed by atoms with Crippen molar-refractivity contribution >= 4 is 67.9 Å². The fraction of sp³-hybridized carbons (Fsp3) is 0.0500. The molecule has 3 N–H and O–H groups in total. The number of carbonyl (C=O) groups is 1. The van der Waals surface area contributed by atoms with Crippen molar-refractivity contribution in [2.24, 2.45) is 0 Å². The van der Waals surface area contributed by atoms with Crippen LogP contribution in [-0.2, 0) is 10.0 Å². The highest BCUT2D eigenvalue weighted by Crippen LogP contribution is 2.30. The highest BCUT2D eigenvalue weighted by Gasteiger charge is 2.21. The maximum Gasteiger partial charge on any atom is 0.323 e. The fourth-order valence-corrected chi connectivity index (χ4v) is 4.48. The van der Waals surface area contributed by atoms with Crippen LogP contribution in [0.2, 0.25) is 15.1 Å². The molecule has 3 aromatic rings. The van der Waals surface area contributed by atoms with Gasteiger partial charge in [0.15, 0.2) is 0 Å². The molecule has 0 unspecified atom stereocenters. The van der Waals surface area contributed by atoms with Crippen molar-refractivity contribution in [2.45, 2.75) is 4.90 Å². The standard InChI is InChI=1S/C20H16Cl3N3O4S/c1-30-18-5-3-2-4-17(18)26-31(28,29)19-11-13(7-9-15(19)22)25-20(27)24-12-6-8-14(21)16(23)10-12/h2-11,26H,1H3,(H2,24,25,27). The van der Waals surface area contributed by atoms with Crippen molar-refractivity contribution in [3.8, 4) is 5.75 Å². The van der Waals surface area contributed by atoms with Gasteiger partial charge in [-0.05, 0) is 48.5 Å². The summed E-state index contributed by atoms with van der Waals surface area (Å²) in [7, 11) is -2.64. The van der Waals surface area contributed by atoms with Gasteiger partial charge in [0.25, 0.3) is 10.0 Å². The molecule has 7 nitrogen and oxygen atoms in total. The number of hydrogen-bond donors (Lipinski definition) is 3. The smallest absolute Gasteiger partial charge is 0.323 e. The SMILES string of the molecule is COc1ccccc1NS(=O)(=O)c1cc(NC(=O)Nc2ccc(Cl)c(Cl)c2)ccc1Cl. The molecule has 31 heavy (non-hydrogen) atoms. The normalized spacial score (nSPS) is 11.0. The van der Waals surface area contributed by atoms with Crippen molar-refractivity contribution in [1.29, 1.82) is 0 Å². The van der Waals surface area contributed by atoms with Gasteiger partial charge in [0.2, 0.25) is 0 Å². The minimum atomic E-state index is -4.07. The van der Waals surface area contributed by atoms with E-state index in [9.17, 15) is 13.2 Å². The molecule has 0 heterocycles. The highest BCUT2D eigenvalue weighted by atomic mass is 35.5. The first kappa shape index (κ1) is 23.0. The summed E-state index contributed by atoms with van der Waals surface area (Å²) in [5.41, 5.74) is 0.866. The fourth-order valence-electron chi connectivity index (χ4n) is 2.58. The number of anilines is 3. The highest BCUT2D eigenvalue weighted by molar-refractivity contribution is 7.92. The lowest BCUT2D eigenvalue weighted by molar-refractivity contribution is 0.262. The van der Waals surface area contributed by atoms with E-state index in [-0.39, 0.29) is 26.3 Å². The van der Waals surface area contributed by atoms with E-state index >= 15 is 0 Å². The summed E-state index contributed by atoms with van der Waals surface area (Å²) in [6.07, 6.45) is 0. The zero-order chi connectivity index (χ0) is 22.6. The van der Waals surface area contributed by atoms with Crippen LogP contribution in [-0.4, -0.2) is 21.6 Å². The number of methoxy groups -OCH3 is 1. The van der Waals surface area contributed by atoms with Crippen LogP contribution in [0, 0.1) is 0 Å². The van der Waals surface area contributed by atoms with E-state index in [1.165, 1.54) is 37.4 Å². The number of para-hydroxylation sites is 2. The largest absolute Gasteiger partial charge is 0.495 e. The first-order valence-corrected chi connectivity index (χ1v) is 11.3. The van der Waals surface area contributed by atoms with Gasteiger partial charge in [-0.15, -0.1) is 0 Å².